The van der Waals surface area contributed by atoms with Crippen LogP contribution in [0.4, 0.5) is 21.8 Å². The van der Waals surface area contributed by atoms with E-state index in [1.54, 1.807) is 24.4 Å². The normalized spacial score (nSPS) is 18.3. The summed E-state index contributed by atoms with van der Waals surface area (Å²) in [5.74, 6) is 1.05. The summed E-state index contributed by atoms with van der Waals surface area (Å²) in [6.07, 6.45) is 6.51. The molecule has 1 aliphatic rings. The number of aromatic nitrogens is 2. The first kappa shape index (κ1) is 14.8. The zero-order chi connectivity index (χ0) is 15.4. The molecular formula is C17H21FN4. The number of halogens is 1. The lowest BCUT2D eigenvalue weighted by atomic mass is 10.0. The standard InChI is InChI=1S/C17H21FN4/c1-2-13-7-5-6-12-22(13)16-10-11-19-17(21-16)20-15-9-4-3-8-14(15)18/h3-4,8-11,13H,2,5-7,12H2,1H3,(H,19,20,21). The van der Waals surface area contributed by atoms with Crippen molar-refractivity contribution in [3.05, 3.63) is 42.3 Å². The van der Waals surface area contributed by atoms with Gasteiger partial charge in [0.25, 0.3) is 0 Å². The van der Waals surface area contributed by atoms with E-state index in [2.05, 4.69) is 27.1 Å². The molecule has 3 rings (SSSR count). The fourth-order valence-electron chi connectivity index (χ4n) is 2.98. The van der Waals surface area contributed by atoms with Gasteiger partial charge in [0.1, 0.15) is 11.6 Å². The molecule has 0 bridgehead atoms. The highest BCUT2D eigenvalue weighted by atomic mass is 19.1. The summed E-state index contributed by atoms with van der Waals surface area (Å²) in [4.78, 5) is 11.1. The molecule has 5 heteroatoms. The average molecular weight is 300 g/mol. The van der Waals surface area contributed by atoms with E-state index in [1.807, 2.05) is 6.07 Å². The second-order valence-corrected chi connectivity index (χ2v) is 5.59. The highest BCUT2D eigenvalue weighted by Gasteiger charge is 2.22. The third kappa shape index (κ3) is 3.18. The molecule has 0 saturated carbocycles. The zero-order valence-corrected chi connectivity index (χ0v) is 12.8. The highest BCUT2D eigenvalue weighted by Crippen LogP contribution is 2.26. The largest absolute Gasteiger partial charge is 0.353 e. The van der Waals surface area contributed by atoms with Gasteiger partial charge in [-0.3, -0.25) is 0 Å². The van der Waals surface area contributed by atoms with Gasteiger partial charge in [-0.05, 0) is 43.9 Å². The van der Waals surface area contributed by atoms with Gasteiger partial charge < -0.3 is 10.2 Å². The molecule has 1 aromatic heterocycles. The number of piperidine rings is 1. The fraction of sp³-hybridized carbons (Fsp3) is 0.412. The molecular weight excluding hydrogens is 279 g/mol. The van der Waals surface area contributed by atoms with E-state index >= 15 is 0 Å². The number of hydrogen-bond acceptors (Lipinski definition) is 4. The molecule has 0 aliphatic carbocycles. The molecule has 1 saturated heterocycles. The van der Waals surface area contributed by atoms with Crippen LogP contribution in [0.2, 0.25) is 0 Å². The van der Waals surface area contributed by atoms with E-state index in [0.29, 0.717) is 17.7 Å². The quantitative estimate of drug-likeness (QED) is 0.922. The van der Waals surface area contributed by atoms with E-state index in [1.165, 1.54) is 25.3 Å². The minimum Gasteiger partial charge on any atom is -0.353 e. The van der Waals surface area contributed by atoms with E-state index < -0.39 is 0 Å². The number of hydrogen-bond donors (Lipinski definition) is 1. The van der Waals surface area contributed by atoms with Crippen LogP contribution in [0.25, 0.3) is 0 Å². The Labute approximate surface area is 130 Å². The van der Waals surface area contributed by atoms with Crippen LogP contribution >= 0.6 is 0 Å². The van der Waals surface area contributed by atoms with Crippen LogP contribution in [-0.2, 0) is 0 Å². The third-order valence-corrected chi connectivity index (χ3v) is 4.15. The number of nitrogens with one attached hydrogen (secondary N) is 1. The minimum atomic E-state index is -0.305. The lowest BCUT2D eigenvalue weighted by Gasteiger charge is -2.36. The van der Waals surface area contributed by atoms with Crippen LogP contribution in [0.5, 0.6) is 0 Å². The third-order valence-electron chi connectivity index (χ3n) is 4.15. The van der Waals surface area contributed by atoms with Gasteiger partial charge in [-0.1, -0.05) is 19.1 Å². The average Bonchev–Trinajstić information content (AvgIpc) is 2.57. The number of benzene rings is 1. The molecule has 116 valence electrons. The van der Waals surface area contributed by atoms with Crippen molar-refractivity contribution in [2.24, 2.45) is 0 Å². The van der Waals surface area contributed by atoms with E-state index in [9.17, 15) is 4.39 Å². The molecule has 1 N–H and O–H groups in total. The van der Waals surface area contributed by atoms with Crippen LogP contribution in [0, 0.1) is 5.82 Å². The van der Waals surface area contributed by atoms with Gasteiger partial charge in [0.15, 0.2) is 0 Å². The molecule has 1 fully saturated rings. The number of rotatable bonds is 4. The number of nitrogens with zero attached hydrogens (tertiary/aromatic N) is 3. The Bertz CT molecular complexity index is 632. The first-order valence-corrected chi connectivity index (χ1v) is 7.89. The van der Waals surface area contributed by atoms with Crippen molar-refractivity contribution in [3.63, 3.8) is 0 Å². The highest BCUT2D eigenvalue weighted by molar-refractivity contribution is 5.55. The Balaban J connectivity index is 1.82. The molecule has 4 nitrogen and oxygen atoms in total. The van der Waals surface area contributed by atoms with Gasteiger partial charge in [-0.25, -0.2) is 9.37 Å². The van der Waals surface area contributed by atoms with Crippen molar-refractivity contribution in [2.75, 3.05) is 16.8 Å². The van der Waals surface area contributed by atoms with Crippen LogP contribution in [0.3, 0.4) is 0 Å². The van der Waals surface area contributed by atoms with Gasteiger partial charge in [0, 0.05) is 18.8 Å². The predicted octanol–water partition coefficient (Wildman–Crippen LogP) is 4.13. The summed E-state index contributed by atoms with van der Waals surface area (Å²) < 4.78 is 13.7. The Morgan fingerprint density at radius 3 is 2.95 bits per heavy atom. The molecule has 1 unspecified atom stereocenters. The van der Waals surface area contributed by atoms with E-state index in [4.69, 9.17) is 0 Å². The molecule has 0 spiro atoms. The Morgan fingerprint density at radius 2 is 2.14 bits per heavy atom. The zero-order valence-electron chi connectivity index (χ0n) is 12.8. The summed E-state index contributed by atoms with van der Waals surface area (Å²) in [6.45, 7) is 3.23. The second-order valence-electron chi connectivity index (χ2n) is 5.59. The maximum Gasteiger partial charge on any atom is 0.229 e. The Morgan fingerprint density at radius 1 is 1.27 bits per heavy atom. The van der Waals surface area contributed by atoms with Crippen LogP contribution in [0.1, 0.15) is 32.6 Å². The first-order valence-electron chi connectivity index (χ1n) is 7.89. The summed E-state index contributed by atoms with van der Waals surface area (Å²) in [6, 6.07) is 9.01. The molecule has 1 atom stereocenters. The van der Waals surface area contributed by atoms with E-state index in [0.717, 1.165) is 18.8 Å². The number of anilines is 3. The van der Waals surface area contributed by atoms with Gasteiger partial charge in [0.2, 0.25) is 5.95 Å². The molecule has 2 heterocycles. The van der Waals surface area contributed by atoms with Crippen molar-refractivity contribution in [1.29, 1.82) is 0 Å². The molecule has 22 heavy (non-hydrogen) atoms. The molecule has 2 aromatic rings. The summed E-state index contributed by atoms with van der Waals surface area (Å²) >= 11 is 0. The molecule has 0 amide bonds. The van der Waals surface area contributed by atoms with Crippen molar-refractivity contribution in [2.45, 2.75) is 38.6 Å². The molecule has 1 aromatic carbocycles. The van der Waals surface area contributed by atoms with Gasteiger partial charge in [-0.15, -0.1) is 0 Å². The smallest absolute Gasteiger partial charge is 0.229 e. The lowest BCUT2D eigenvalue weighted by Crippen LogP contribution is -2.39. The van der Waals surface area contributed by atoms with Crippen molar-refractivity contribution in [1.82, 2.24) is 9.97 Å². The minimum absolute atomic E-state index is 0.305. The topological polar surface area (TPSA) is 41.1 Å². The summed E-state index contributed by atoms with van der Waals surface area (Å²) in [5, 5.41) is 2.96. The lowest BCUT2D eigenvalue weighted by molar-refractivity contribution is 0.447. The van der Waals surface area contributed by atoms with Gasteiger partial charge in [0.05, 0.1) is 5.69 Å². The molecule has 1 aliphatic heterocycles. The summed E-state index contributed by atoms with van der Waals surface area (Å²) in [5.41, 5.74) is 0.394. The maximum atomic E-state index is 13.7. The Hall–Kier alpha value is -2.17. The van der Waals surface area contributed by atoms with Crippen molar-refractivity contribution in [3.8, 4) is 0 Å². The first-order chi connectivity index (χ1) is 10.8. The van der Waals surface area contributed by atoms with E-state index in [-0.39, 0.29) is 5.82 Å². The number of para-hydroxylation sites is 1. The fourth-order valence-corrected chi connectivity index (χ4v) is 2.98. The molecule has 0 radical (unpaired) electrons. The van der Waals surface area contributed by atoms with Crippen LogP contribution in [0.15, 0.2) is 36.5 Å². The predicted molar refractivity (Wildman–Crippen MR) is 87.0 cm³/mol. The second kappa shape index (κ2) is 6.73. The maximum absolute atomic E-state index is 13.7. The van der Waals surface area contributed by atoms with Crippen molar-refractivity contribution >= 4 is 17.5 Å². The van der Waals surface area contributed by atoms with Gasteiger partial charge >= 0.3 is 0 Å². The van der Waals surface area contributed by atoms with Crippen molar-refractivity contribution < 1.29 is 4.39 Å². The van der Waals surface area contributed by atoms with Crippen LogP contribution in [-0.4, -0.2) is 22.6 Å². The van der Waals surface area contributed by atoms with Gasteiger partial charge in [-0.2, -0.15) is 4.98 Å². The monoisotopic (exact) mass is 300 g/mol. The Kier molecular flexibility index (Phi) is 4.51. The van der Waals surface area contributed by atoms with Crippen LogP contribution < -0.4 is 10.2 Å². The summed E-state index contributed by atoms with van der Waals surface area (Å²) in [7, 11) is 0. The SMILES string of the molecule is CCC1CCCCN1c1ccnc(Nc2ccccc2F)n1.